The van der Waals surface area contributed by atoms with E-state index in [9.17, 15) is 0 Å². The van der Waals surface area contributed by atoms with Gasteiger partial charge in [-0.25, -0.2) is 9.97 Å². The van der Waals surface area contributed by atoms with Crippen LogP contribution < -0.4 is 5.32 Å². The Kier molecular flexibility index (Phi) is 4.15. The fraction of sp³-hybridized carbons (Fsp3) is 0.375. The van der Waals surface area contributed by atoms with Gasteiger partial charge >= 0.3 is 0 Å². The maximum Gasteiger partial charge on any atom is 0.133 e. The molecule has 100 valence electrons. The van der Waals surface area contributed by atoms with Gasteiger partial charge in [0.1, 0.15) is 11.6 Å². The molecule has 0 aliphatic rings. The van der Waals surface area contributed by atoms with E-state index >= 15 is 0 Å². The molecule has 0 saturated carbocycles. The fourth-order valence-electron chi connectivity index (χ4n) is 2.13. The van der Waals surface area contributed by atoms with Crippen LogP contribution in [0.3, 0.4) is 0 Å². The zero-order valence-electron chi connectivity index (χ0n) is 12.1. The van der Waals surface area contributed by atoms with Crippen LogP contribution in [0, 0.1) is 13.8 Å². The van der Waals surface area contributed by atoms with Gasteiger partial charge in [0.05, 0.1) is 5.69 Å². The molecule has 0 saturated heterocycles. The van der Waals surface area contributed by atoms with Gasteiger partial charge in [0.15, 0.2) is 0 Å². The van der Waals surface area contributed by atoms with Crippen molar-refractivity contribution in [2.24, 2.45) is 0 Å². The second kappa shape index (κ2) is 5.83. The topological polar surface area (TPSA) is 37.8 Å². The van der Waals surface area contributed by atoms with Crippen LogP contribution in [-0.2, 0) is 6.42 Å². The molecule has 0 fully saturated rings. The molecular formula is C16H21N3. The minimum absolute atomic E-state index is 0.845. The third-order valence-electron chi connectivity index (χ3n) is 3.14. The molecule has 0 aliphatic heterocycles. The first-order chi connectivity index (χ1) is 9.15. The molecule has 1 aromatic heterocycles. The number of aromatic nitrogens is 2. The standard InChI is InChI=1S/C16H21N3/c1-5-14-18-15(12(4)16(19-14)17-6-2)13-9-7-8-11(3)10-13/h7-10H,5-6H2,1-4H3,(H,17,18,19). The lowest BCUT2D eigenvalue weighted by Crippen LogP contribution is -2.07. The molecule has 2 aromatic rings. The van der Waals surface area contributed by atoms with Gasteiger partial charge in [0.25, 0.3) is 0 Å². The summed E-state index contributed by atoms with van der Waals surface area (Å²) in [6, 6.07) is 8.46. The number of hydrogen-bond acceptors (Lipinski definition) is 3. The van der Waals surface area contributed by atoms with E-state index in [0.29, 0.717) is 0 Å². The molecule has 3 nitrogen and oxygen atoms in total. The highest BCUT2D eigenvalue weighted by Crippen LogP contribution is 2.26. The van der Waals surface area contributed by atoms with Crippen molar-refractivity contribution in [3.63, 3.8) is 0 Å². The lowest BCUT2D eigenvalue weighted by atomic mass is 10.0. The van der Waals surface area contributed by atoms with E-state index in [1.807, 2.05) is 0 Å². The molecule has 0 bridgehead atoms. The maximum atomic E-state index is 4.69. The Labute approximate surface area is 115 Å². The number of nitrogens with one attached hydrogen (secondary N) is 1. The predicted molar refractivity (Wildman–Crippen MR) is 80.5 cm³/mol. The largest absolute Gasteiger partial charge is 0.370 e. The van der Waals surface area contributed by atoms with Gasteiger partial charge in [-0.15, -0.1) is 0 Å². The Morgan fingerprint density at radius 2 is 1.89 bits per heavy atom. The van der Waals surface area contributed by atoms with E-state index in [-0.39, 0.29) is 0 Å². The van der Waals surface area contributed by atoms with Crippen LogP contribution in [-0.4, -0.2) is 16.5 Å². The summed E-state index contributed by atoms with van der Waals surface area (Å²) < 4.78 is 0. The van der Waals surface area contributed by atoms with Crippen molar-refractivity contribution < 1.29 is 0 Å². The van der Waals surface area contributed by atoms with Crippen LogP contribution in [0.15, 0.2) is 24.3 Å². The SMILES string of the molecule is CCNc1nc(CC)nc(-c2cccc(C)c2)c1C. The molecule has 0 amide bonds. The molecule has 3 heteroatoms. The van der Waals surface area contributed by atoms with Crippen LogP contribution in [0.5, 0.6) is 0 Å². The number of aryl methyl sites for hydroxylation is 2. The first kappa shape index (κ1) is 13.5. The molecule has 1 N–H and O–H groups in total. The summed E-state index contributed by atoms with van der Waals surface area (Å²) in [5.41, 5.74) is 4.56. The van der Waals surface area contributed by atoms with Crippen LogP contribution >= 0.6 is 0 Å². The van der Waals surface area contributed by atoms with Gasteiger partial charge in [-0.05, 0) is 26.8 Å². The third-order valence-corrected chi connectivity index (χ3v) is 3.14. The Bertz CT molecular complexity index is 576. The normalized spacial score (nSPS) is 10.5. The maximum absolute atomic E-state index is 4.69. The summed E-state index contributed by atoms with van der Waals surface area (Å²) in [5, 5.41) is 3.32. The van der Waals surface area contributed by atoms with E-state index < -0.39 is 0 Å². The third kappa shape index (κ3) is 2.92. The molecule has 1 heterocycles. The number of nitrogens with zero attached hydrogens (tertiary/aromatic N) is 2. The molecule has 1 aromatic carbocycles. The number of hydrogen-bond donors (Lipinski definition) is 1. The van der Waals surface area contributed by atoms with Crippen LogP contribution in [0.25, 0.3) is 11.3 Å². The summed E-state index contributed by atoms with van der Waals surface area (Å²) in [6.07, 6.45) is 0.845. The molecule has 0 unspecified atom stereocenters. The highest BCUT2D eigenvalue weighted by Gasteiger charge is 2.11. The molecule has 0 spiro atoms. The van der Waals surface area contributed by atoms with Crippen LogP contribution in [0.1, 0.15) is 30.8 Å². The average Bonchev–Trinajstić information content (AvgIpc) is 2.41. The second-order valence-corrected chi connectivity index (χ2v) is 4.72. The van der Waals surface area contributed by atoms with E-state index in [4.69, 9.17) is 4.98 Å². The minimum Gasteiger partial charge on any atom is -0.370 e. The van der Waals surface area contributed by atoms with Gasteiger partial charge in [-0.1, -0.05) is 30.7 Å². The Hall–Kier alpha value is -1.90. The smallest absolute Gasteiger partial charge is 0.133 e. The summed E-state index contributed by atoms with van der Waals surface area (Å²) in [5.74, 6) is 1.84. The van der Waals surface area contributed by atoms with Gasteiger partial charge in [0.2, 0.25) is 0 Å². The van der Waals surface area contributed by atoms with Crippen molar-refractivity contribution >= 4 is 5.82 Å². The van der Waals surface area contributed by atoms with Crippen LogP contribution in [0.4, 0.5) is 5.82 Å². The molecular weight excluding hydrogens is 234 g/mol. The summed E-state index contributed by atoms with van der Waals surface area (Å²) in [6.45, 7) is 9.22. The summed E-state index contributed by atoms with van der Waals surface area (Å²) >= 11 is 0. The van der Waals surface area contributed by atoms with Gasteiger partial charge in [-0.3, -0.25) is 0 Å². The zero-order chi connectivity index (χ0) is 13.8. The van der Waals surface area contributed by atoms with Crippen molar-refractivity contribution in [3.8, 4) is 11.3 Å². The highest BCUT2D eigenvalue weighted by atomic mass is 15.0. The monoisotopic (exact) mass is 255 g/mol. The molecule has 0 radical (unpaired) electrons. The number of rotatable bonds is 4. The molecule has 0 aliphatic carbocycles. The highest BCUT2D eigenvalue weighted by molar-refractivity contribution is 5.68. The predicted octanol–water partition coefficient (Wildman–Crippen LogP) is 3.75. The van der Waals surface area contributed by atoms with E-state index in [1.54, 1.807) is 0 Å². The van der Waals surface area contributed by atoms with Crippen LogP contribution in [0.2, 0.25) is 0 Å². The molecule has 19 heavy (non-hydrogen) atoms. The summed E-state index contributed by atoms with van der Waals surface area (Å²) in [7, 11) is 0. The van der Waals surface area contributed by atoms with Crippen molar-refractivity contribution in [2.75, 3.05) is 11.9 Å². The molecule has 2 rings (SSSR count). The Morgan fingerprint density at radius 1 is 1.11 bits per heavy atom. The van der Waals surface area contributed by atoms with Gasteiger partial charge in [-0.2, -0.15) is 0 Å². The zero-order valence-corrected chi connectivity index (χ0v) is 12.1. The first-order valence-corrected chi connectivity index (χ1v) is 6.84. The van der Waals surface area contributed by atoms with Crippen molar-refractivity contribution in [1.82, 2.24) is 9.97 Å². The van der Waals surface area contributed by atoms with Gasteiger partial charge in [0, 0.05) is 24.1 Å². The molecule has 0 atom stereocenters. The van der Waals surface area contributed by atoms with Crippen molar-refractivity contribution in [2.45, 2.75) is 34.1 Å². The summed E-state index contributed by atoms with van der Waals surface area (Å²) in [4.78, 5) is 9.26. The number of benzene rings is 1. The Morgan fingerprint density at radius 3 is 2.53 bits per heavy atom. The Balaban J connectivity index is 2.58. The fourth-order valence-corrected chi connectivity index (χ4v) is 2.13. The van der Waals surface area contributed by atoms with Crippen molar-refractivity contribution in [3.05, 3.63) is 41.2 Å². The van der Waals surface area contributed by atoms with Gasteiger partial charge < -0.3 is 5.32 Å². The minimum atomic E-state index is 0.845. The number of anilines is 1. The second-order valence-electron chi connectivity index (χ2n) is 4.72. The lowest BCUT2D eigenvalue weighted by Gasteiger charge is -2.13. The van der Waals surface area contributed by atoms with E-state index in [2.05, 4.69) is 62.3 Å². The average molecular weight is 255 g/mol. The van der Waals surface area contributed by atoms with E-state index in [1.165, 1.54) is 5.56 Å². The van der Waals surface area contributed by atoms with E-state index in [0.717, 1.165) is 41.4 Å². The lowest BCUT2D eigenvalue weighted by molar-refractivity contribution is 0.930. The first-order valence-electron chi connectivity index (χ1n) is 6.84. The quantitative estimate of drug-likeness (QED) is 0.904. The van der Waals surface area contributed by atoms with Crippen molar-refractivity contribution in [1.29, 1.82) is 0 Å².